The van der Waals surface area contributed by atoms with Crippen LogP contribution in [0.1, 0.15) is 11.1 Å². The summed E-state index contributed by atoms with van der Waals surface area (Å²) in [7, 11) is 1.61. The van der Waals surface area contributed by atoms with E-state index in [0.717, 1.165) is 17.2 Å². The number of carbonyl (C=O) groups is 2. The molecule has 4 heteroatoms. The molecule has 16 heavy (non-hydrogen) atoms. The van der Waals surface area contributed by atoms with Crippen LogP contribution in [0.5, 0.6) is 0 Å². The molecular formula is C12H12O4. The van der Waals surface area contributed by atoms with E-state index in [2.05, 4.69) is 0 Å². The molecule has 1 N–H and O–H groups in total. The van der Waals surface area contributed by atoms with Crippen molar-refractivity contribution in [1.82, 2.24) is 0 Å². The Balaban J connectivity index is 2.68. The highest BCUT2D eigenvalue weighted by Gasteiger charge is 2.05. The molecule has 84 valence electrons. The molecule has 1 rings (SSSR count). The normalized spacial score (nSPS) is 10.6. The van der Waals surface area contributed by atoms with E-state index in [1.807, 2.05) is 12.1 Å². The highest BCUT2D eigenvalue weighted by Crippen LogP contribution is 2.07. The molecule has 0 fully saturated rings. The second kappa shape index (κ2) is 5.82. The van der Waals surface area contributed by atoms with Crippen LogP contribution < -0.4 is 0 Å². The van der Waals surface area contributed by atoms with Crippen LogP contribution in [0.4, 0.5) is 0 Å². The van der Waals surface area contributed by atoms with Gasteiger partial charge in [-0.15, -0.1) is 0 Å². The molecule has 0 amide bonds. The molecule has 0 aliphatic heterocycles. The first kappa shape index (κ1) is 12.1. The monoisotopic (exact) mass is 220 g/mol. The van der Waals surface area contributed by atoms with Crippen LogP contribution in [0.3, 0.4) is 0 Å². The Morgan fingerprint density at radius 1 is 1.31 bits per heavy atom. The molecule has 0 saturated heterocycles. The minimum Gasteiger partial charge on any atom is -0.475 e. The SMILES string of the molecule is COCc1ccc(/C=C/C(=O)C(=O)O)cc1. The van der Waals surface area contributed by atoms with Gasteiger partial charge < -0.3 is 9.84 Å². The maximum Gasteiger partial charge on any atom is 0.376 e. The van der Waals surface area contributed by atoms with Gasteiger partial charge in [0.15, 0.2) is 0 Å². The third-order valence-corrected chi connectivity index (χ3v) is 1.93. The highest BCUT2D eigenvalue weighted by atomic mass is 16.5. The Morgan fingerprint density at radius 2 is 1.94 bits per heavy atom. The van der Waals surface area contributed by atoms with Crippen molar-refractivity contribution in [2.24, 2.45) is 0 Å². The minimum atomic E-state index is -1.45. The van der Waals surface area contributed by atoms with Gasteiger partial charge in [0, 0.05) is 7.11 Å². The van der Waals surface area contributed by atoms with Gasteiger partial charge in [-0.05, 0) is 17.2 Å². The third-order valence-electron chi connectivity index (χ3n) is 1.93. The van der Waals surface area contributed by atoms with E-state index in [1.165, 1.54) is 6.08 Å². The van der Waals surface area contributed by atoms with Crippen molar-refractivity contribution < 1.29 is 19.4 Å². The summed E-state index contributed by atoms with van der Waals surface area (Å²) in [5, 5.41) is 8.36. The number of hydrogen-bond donors (Lipinski definition) is 1. The van der Waals surface area contributed by atoms with Crippen molar-refractivity contribution in [3.05, 3.63) is 41.5 Å². The van der Waals surface area contributed by atoms with Crippen LogP contribution in [0, 0.1) is 0 Å². The molecule has 1 aromatic carbocycles. The lowest BCUT2D eigenvalue weighted by Crippen LogP contribution is -2.08. The number of hydrogen-bond acceptors (Lipinski definition) is 3. The van der Waals surface area contributed by atoms with Crippen molar-refractivity contribution in [2.45, 2.75) is 6.61 Å². The number of carboxylic acids is 1. The average molecular weight is 220 g/mol. The molecule has 0 radical (unpaired) electrons. The van der Waals surface area contributed by atoms with Gasteiger partial charge >= 0.3 is 5.97 Å². The minimum absolute atomic E-state index is 0.526. The van der Waals surface area contributed by atoms with Gasteiger partial charge in [0.1, 0.15) is 0 Å². The highest BCUT2D eigenvalue weighted by molar-refractivity contribution is 6.38. The number of ether oxygens (including phenoxy) is 1. The molecule has 0 saturated carbocycles. The maximum absolute atomic E-state index is 10.8. The van der Waals surface area contributed by atoms with E-state index < -0.39 is 11.8 Å². The van der Waals surface area contributed by atoms with E-state index in [4.69, 9.17) is 9.84 Å². The molecule has 0 aliphatic carbocycles. The fraction of sp³-hybridized carbons (Fsp3) is 0.167. The predicted octanol–water partition coefficient (Wildman–Crippen LogP) is 1.50. The number of benzene rings is 1. The van der Waals surface area contributed by atoms with Gasteiger partial charge in [0.25, 0.3) is 5.78 Å². The summed E-state index contributed by atoms with van der Waals surface area (Å²) >= 11 is 0. The smallest absolute Gasteiger partial charge is 0.376 e. The Labute approximate surface area is 93.2 Å². The Kier molecular flexibility index (Phi) is 4.42. The first-order valence-electron chi connectivity index (χ1n) is 4.66. The molecule has 0 unspecified atom stereocenters. The summed E-state index contributed by atoms with van der Waals surface area (Å²) in [6.07, 6.45) is 2.50. The zero-order chi connectivity index (χ0) is 12.0. The fourth-order valence-corrected chi connectivity index (χ4v) is 1.13. The number of ketones is 1. The average Bonchev–Trinajstić information content (AvgIpc) is 2.28. The van der Waals surface area contributed by atoms with Gasteiger partial charge in [0.2, 0.25) is 0 Å². The number of carboxylic acid groups (broad SMARTS) is 1. The van der Waals surface area contributed by atoms with E-state index in [9.17, 15) is 9.59 Å². The molecule has 0 heterocycles. The van der Waals surface area contributed by atoms with Crippen molar-refractivity contribution in [3.63, 3.8) is 0 Å². The van der Waals surface area contributed by atoms with Gasteiger partial charge in [-0.1, -0.05) is 30.3 Å². The number of methoxy groups -OCH3 is 1. The molecule has 0 atom stereocenters. The van der Waals surface area contributed by atoms with Crippen molar-refractivity contribution >= 4 is 17.8 Å². The quantitative estimate of drug-likeness (QED) is 0.603. The van der Waals surface area contributed by atoms with E-state index in [-0.39, 0.29) is 0 Å². The van der Waals surface area contributed by atoms with Gasteiger partial charge in [0.05, 0.1) is 6.61 Å². The Morgan fingerprint density at radius 3 is 2.44 bits per heavy atom. The standard InChI is InChI=1S/C12H12O4/c1-16-8-10-4-2-9(3-5-10)6-7-11(13)12(14)15/h2-7H,8H2,1H3,(H,14,15)/b7-6+. The molecule has 4 nitrogen and oxygen atoms in total. The van der Waals surface area contributed by atoms with Crippen LogP contribution in [0.25, 0.3) is 6.08 Å². The summed E-state index contributed by atoms with van der Waals surface area (Å²) in [6.45, 7) is 0.526. The Hall–Kier alpha value is -1.94. The number of aliphatic carboxylic acids is 1. The lowest BCUT2D eigenvalue weighted by molar-refractivity contribution is -0.146. The summed E-state index contributed by atoms with van der Waals surface area (Å²) < 4.78 is 4.95. The predicted molar refractivity (Wildman–Crippen MR) is 58.8 cm³/mol. The second-order valence-corrected chi connectivity index (χ2v) is 3.18. The zero-order valence-electron chi connectivity index (χ0n) is 8.84. The maximum atomic E-state index is 10.8. The molecule has 0 spiro atoms. The van der Waals surface area contributed by atoms with Crippen molar-refractivity contribution in [2.75, 3.05) is 7.11 Å². The fourth-order valence-electron chi connectivity index (χ4n) is 1.13. The lowest BCUT2D eigenvalue weighted by atomic mass is 10.1. The van der Waals surface area contributed by atoms with Gasteiger partial charge in [-0.3, -0.25) is 4.79 Å². The molecule has 0 aromatic heterocycles. The number of carbonyl (C=O) groups excluding carboxylic acids is 1. The van der Waals surface area contributed by atoms with Crippen LogP contribution in [-0.2, 0) is 20.9 Å². The lowest BCUT2D eigenvalue weighted by Gasteiger charge is -1.99. The van der Waals surface area contributed by atoms with Crippen molar-refractivity contribution in [1.29, 1.82) is 0 Å². The van der Waals surface area contributed by atoms with E-state index >= 15 is 0 Å². The summed E-state index contributed by atoms with van der Waals surface area (Å²) in [4.78, 5) is 21.0. The van der Waals surface area contributed by atoms with Gasteiger partial charge in [-0.2, -0.15) is 0 Å². The van der Waals surface area contributed by atoms with Gasteiger partial charge in [-0.25, -0.2) is 4.79 Å². The van der Waals surface area contributed by atoms with Crippen LogP contribution in [-0.4, -0.2) is 24.0 Å². The van der Waals surface area contributed by atoms with E-state index in [1.54, 1.807) is 19.2 Å². The topological polar surface area (TPSA) is 63.6 Å². The first-order valence-corrected chi connectivity index (χ1v) is 4.66. The van der Waals surface area contributed by atoms with Crippen molar-refractivity contribution in [3.8, 4) is 0 Å². The summed E-state index contributed by atoms with van der Waals surface area (Å²) in [5.74, 6) is -2.38. The third kappa shape index (κ3) is 3.67. The Bertz CT molecular complexity index is 404. The van der Waals surface area contributed by atoms with Crippen LogP contribution in [0.15, 0.2) is 30.3 Å². The largest absolute Gasteiger partial charge is 0.475 e. The second-order valence-electron chi connectivity index (χ2n) is 3.18. The van der Waals surface area contributed by atoms with Crippen LogP contribution in [0.2, 0.25) is 0 Å². The van der Waals surface area contributed by atoms with E-state index in [0.29, 0.717) is 6.61 Å². The first-order chi connectivity index (χ1) is 7.63. The summed E-state index contributed by atoms with van der Waals surface area (Å²) in [5.41, 5.74) is 1.79. The molecular weight excluding hydrogens is 208 g/mol. The zero-order valence-corrected chi connectivity index (χ0v) is 8.84. The number of rotatable bonds is 5. The summed E-state index contributed by atoms with van der Waals surface area (Å²) in [6, 6.07) is 7.29. The molecule has 0 aliphatic rings. The molecule has 0 bridgehead atoms. The van der Waals surface area contributed by atoms with Crippen LogP contribution >= 0.6 is 0 Å². The molecule has 1 aromatic rings.